The molecule has 4 aromatic rings. The summed E-state index contributed by atoms with van der Waals surface area (Å²) < 4.78 is 15.1. The molecule has 2 aromatic heterocycles. The van der Waals surface area contributed by atoms with Gasteiger partial charge in [0.1, 0.15) is 5.82 Å². The highest BCUT2D eigenvalue weighted by Crippen LogP contribution is 2.24. The lowest BCUT2D eigenvalue weighted by molar-refractivity contribution is -0.115. The molecule has 124 valence electrons. The second kappa shape index (κ2) is 6.49. The van der Waals surface area contributed by atoms with Gasteiger partial charge in [-0.2, -0.15) is 0 Å². The number of hydrogen-bond donors (Lipinski definition) is 1. The van der Waals surface area contributed by atoms with Crippen LogP contribution in [0.15, 0.2) is 66.2 Å². The van der Waals surface area contributed by atoms with E-state index in [0.717, 1.165) is 21.9 Å². The van der Waals surface area contributed by atoms with Crippen LogP contribution in [-0.4, -0.2) is 15.3 Å². The quantitative estimate of drug-likeness (QED) is 0.593. The molecule has 0 radical (unpaired) electrons. The van der Waals surface area contributed by atoms with Gasteiger partial charge >= 0.3 is 0 Å². The molecular weight excluding hydrogens is 337 g/mol. The first-order valence-corrected chi connectivity index (χ1v) is 8.63. The first kappa shape index (κ1) is 15.5. The van der Waals surface area contributed by atoms with E-state index in [1.165, 1.54) is 23.5 Å². The summed E-state index contributed by atoms with van der Waals surface area (Å²) in [5, 5.41) is 4.64. The summed E-state index contributed by atoms with van der Waals surface area (Å²) >= 11 is 1.49. The van der Waals surface area contributed by atoms with Gasteiger partial charge in [-0.3, -0.25) is 9.20 Å². The van der Waals surface area contributed by atoms with Gasteiger partial charge in [0.2, 0.25) is 5.91 Å². The van der Waals surface area contributed by atoms with Crippen molar-refractivity contribution < 1.29 is 9.18 Å². The van der Waals surface area contributed by atoms with Gasteiger partial charge in [-0.05, 0) is 18.2 Å². The van der Waals surface area contributed by atoms with Crippen molar-refractivity contribution in [2.75, 3.05) is 5.32 Å². The lowest BCUT2D eigenvalue weighted by atomic mass is 10.2. The molecule has 0 saturated carbocycles. The summed E-state index contributed by atoms with van der Waals surface area (Å²) in [6.07, 6.45) is 2.13. The molecule has 1 N–H and O–H groups in total. The minimum Gasteiger partial charge on any atom is -0.326 e. The zero-order valence-corrected chi connectivity index (χ0v) is 14.0. The Labute approximate surface area is 147 Å². The summed E-state index contributed by atoms with van der Waals surface area (Å²) in [5.74, 6) is -0.571. The van der Waals surface area contributed by atoms with Crippen LogP contribution in [0.3, 0.4) is 0 Å². The number of rotatable bonds is 4. The van der Waals surface area contributed by atoms with E-state index in [-0.39, 0.29) is 18.1 Å². The second-order valence-electron chi connectivity index (χ2n) is 5.61. The zero-order valence-electron chi connectivity index (χ0n) is 13.1. The lowest BCUT2D eigenvalue weighted by Gasteiger charge is -2.04. The third-order valence-corrected chi connectivity index (χ3v) is 4.69. The monoisotopic (exact) mass is 351 g/mol. The van der Waals surface area contributed by atoms with Gasteiger partial charge in [-0.15, -0.1) is 11.3 Å². The van der Waals surface area contributed by atoms with E-state index in [9.17, 15) is 9.18 Å². The number of carbonyl (C=O) groups is 1. The predicted molar refractivity (Wildman–Crippen MR) is 97.2 cm³/mol. The Bertz CT molecular complexity index is 1040. The maximum Gasteiger partial charge on any atom is 0.230 e. The normalized spacial score (nSPS) is 10.9. The summed E-state index contributed by atoms with van der Waals surface area (Å²) in [7, 11) is 0. The number of aromatic nitrogens is 2. The van der Waals surface area contributed by atoms with Crippen molar-refractivity contribution in [3.63, 3.8) is 0 Å². The number of hydrogen-bond acceptors (Lipinski definition) is 3. The van der Waals surface area contributed by atoms with E-state index in [1.54, 1.807) is 12.1 Å². The third kappa shape index (κ3) is 3.29. The average molecular weight is 351 g/mol. The van der Waals surface area contributed by atoms with Crippen LogP contribution in [0.25, 0.3) is 16.2 Å². The Kier molecular flexibility index (Phi) is 4.03. The number of benzene rings is 2. The second-order valence-corrected chi connectivity index (χ2v) is 6.44. The molecule has 0 aliphatic heterocycles. The van der Waals surface area contributed by atoms with Gasteiger partial charge in [0.25, 0.3) is 0 Å². The fourth-order valence-electron chi connectivity index (χ4n) is 2.64. The van der Waals surface area contributed by atoms with Crippen LogP contribution >= 0.6 is 11.3 Å². The van der Waals surface area contributed by atoms with Gasteiger partial charge in [0, 0.05) is 28.5 Å². The lowest BCUT2D eigenvalue weighted by Crippen LogP contribution is -2.15. The molecule has 0 spiro atoms. The highest BCUT2D eigenvalue weighted by atomic mass is 32.1. The van der Waals surface area contributed by atoms with Crippen molar-refractivity contribution >= 4 is 27.9 Å². The number of anilines is 1. The Morgan fingerprint density at radius 1 is 1.16 bits per heavy atom. The number of fused-ring (bicyclic) bond motifs is 1. The van der Waals surface area contributed by atoms with Crippen LogP contribution < -0.4 is 5.32 Å². The maximum absolute atomic E-state index is 13.2. The van der Waals surface area contributed by atoms with Gasteiger partial charge in [-0.25, -0.2) is 9.37 Å². The van der Waals surface area contributed by atoms with Gasteiger partial charge in [0.15, 0.2) is 4.96 Å². The standard InChI is InChI=1S/C19H14FN3OS/c20-14-7-4-8-15(9-14)21-18(24)10-16-12-25-19-22-17(11-23(16)19)13-5-2-1-3-6-13/h1-9,11-12H,10H2,(H,21,24). The summed E-state index contributed by atoms with van der Waals surface area (Å²) in [6.45, 7) is 0. The number of imidazole rings is 1. The molecule has 0 fully saturated rings. The molecular formula is C19H14FN3OS. The molecule has 0 aliphatic carbocycles. The average Bonchev–Trinajstić information content (AvgIpc) is 3.18. The topological polar surface area (TPSA) is 46.4 Å². The van der Waals surface area contributed by atoms with E-state index in [2.05, 4.69) is 10.3 Å². The van der Waals surface area contributed by atoms with E-state index in [4.69, 9.17) is 0 Å². The molecule has 0 aliphatic rings. The van der Waals surface area contributed by atoms with Crippen molar-refractivity contribution in [1.82, 2.24) is 9.38 Å². The van der Waals surface area contributed by atoms with Crippen LogP contribution in [0.1, 0.15) is 5.69 Å². The predicted octanol–water partition coefficient (Wildman–Crippen LogP) is 4.38. The van der Waals surface area contributed by atoms with Crippen molar-refractivity contribution in [2.24, 2.45) is 0 Å². The SMILES string of the molecule is O=C(Cc1csc2nc(-c3ccccc3)cn12)Nc1cccc(F)c1. The van der Waals surface area contributed by atoms with E-state index in [1.807, 2.05) is 46.3 Å². The smallest absolute Gasteiger partial charge is 0.230 e. The highest BCUT2D eigenvalue weighted by molar-refractivity contribution is 7.15. The molecule has 4 rings (SSSR count). The van der Waals surface area contributed by atoms with Crippen LogP contribution in [0.4, 0.5) is 10.1 Å². The molecule has 0 saturated heterocycles. The number of amides is 1. The van der Waals surface area contributed by atoms with Crippen LogP contribution in [-0.2, 0) is 11.2 Å². The largest absolute Gasteiger partial charge is 0.326 e. The molecule has 0 unspecified atom stereocenters. The number of nitrogens with one attached hydrogen (secondary N) is 1. The van der Waals surface area contributed by atoms with Crippen molar-refractivity contribution in [2.45, 2.75) is 6.42 Å². The molecule has 0 bridgehead atoms. The molecule has 4 nitrogen and oxygen atoms in total. The third-order valence-electron chi connectivity index (χ3n) is 3.80. The van der Waals surface area contributed by atoms with E-state index >= 15 is 0 Å². The zero-order chi connectivity index (χ0) is 17.2. The Hall–Kier alpha value is -2.99. The van der Waals surface area contributed by atoms with Crippen LogP contribution in [0, 0.1) is 5.82 Å². The first-order chi connectivity index (χ1) is 12.2. The summed E-state index contributed by atoms with van der Waals surface area (Å²) in [5.41, 5.74) is 3.21. The number of carbonyl (C=O) groups excluding carboxylic acids is 1. The van der Waals surface area contributed by atoms with Gasteiger partial charge in [-0.1, -0.05) is 36.4 Å². The maximum atomic E-state index is 13.2. The van der Waals surface area contributed by atoms with E-state index in [0.29, 0.717) is 5.69 Å². The number of nitrogens with zero attached hydrogens (tertiary/aromatic N) is 2. The summed E-state index contributed by atoms with van der Waals surface area (Å²) in [4.78, 5) is 17.7. The summed E-state index contributed by atoms with van der Waals surface area (Å²) in [6, 6.07) is 15.8. The molecule has 2 aromatic carbocycles. The Balaban J connectivity index is 1.55. The number of halogens is 1. The van der Waals surface area contributed by atoms with Gasteiger partial charge in [0.05, 0.1) is 12.1 Å². The Morgan fingerprint density at radius 2 is 2.00 bits per heavy atom. The van der Waals surface area contributed by atoms with Crippen molar-refractivity contribution in [3.8, 4) is 11.3 Å². The molecule has 0 atom stereocenters. The fraction of sp³-hybridized carbons (Fsp3) is 0.0526. The molecule has 6 heteroatoms. The van der Waals surface area contributed by atoms with Crippen LogP contribution in [0.5, 0.6) is 0 Å². The molecule has 1 amide bonds. The van der Waals surface area contributed by atoms with Crippen molar-refractivity contribution in [1.29, 1.82) is 0 Å². The molecule has 25 heavy (non-hydrogen) atoms. The van der Waals surface area contributed by atoms with Crippen molar-refractivity contribution in [3.05, 3.63) is 77.7 Å². The first-order valence-electron chi connectivity index (χ1n) is 7.75. The fourth-order valence-corrected chi connectivity index (χ4v) is 3.51. The van der Waals surface area contributed by atoms with Crippen LogP contribution in [0.2, 0.25) is 0 Å². The highest BCUT2D eigenvalue weighted by Gasteiger charge is 2.12. The Morgan fingerprint density at radius 3 is 2.80 bits per heavy atom. The minimum atomic E-state index is -0.377. The minimum absolute atomic E-state index is 0.194. The number of thiazole rings is 1. The van der Waals surface area contributed by atoms with E-state index < -0.39 is 0 Å². The van der Waals surface area contributed by atoms with Gasteiger partial charge < -0.3 is 5.32 Å². The molecule has 2 heterocycles.